The molecule has 0 rings (SSSR count). The molecule has 1 nitrogen and oxygen atoms in total. The molecular weight excluding hydrogens is 194 g/mol. The van der Waals surface area contributed by atoms with Gasteiger partial charge < -0.3 is 5.32 Å². The lowest BCUT2D eigenvalue weighted by atomic mass is 9.97. The average Bonchev–Trinajstić information content (AvgIpc) is 2.08. The molecule has 0 aliphatic carbocycles. The third-order valence-corrected chi connectivity index (χ3v) is 2.21. The van der Waals surface area contributed by atoms with Gasteiger partial charge in [-0.2, -0.15) is 0 Å². The van der Waals surface area contributed by atoms with Gasteiger partial charge in [-0.1, -0.05) is 44.2 Å². The van der Waals surface area contributed by atoms with Crippen LogP contribution in [0.2, 0.25) is 0 Å². The number of rotatable bonds is 5. The Bertz CT molecular complexity index is 274. The number of nitrogens with one attached hydrogen (secondary N) is 1. The lowest BCUT2D eigenvalue weighted by molar-refractivity contribution is 0.466. The monoisotopic (exact) mass is 221 g/mol. The van der Waals surface area contributed by atoms with Crippen molar-refractivity contribution >= 4 is 0 Å². The van der Waals surface area contributed by atoms with Gasteiger partial charge in [-0.15, -0.1) is 0 Å². The molecule has 0 aromatic rings. The quantitative estimate of drug-likeness (QED) is 0.677. The van der Waals surface area contributed by atoms with E-state index >= 15 is 0 Å². The Balaban J connectivity index is 4.48. The summed E-state index contributed by atoms with van der Waals surface area (Å²) >= 11 is 0. The zero-order valence-electron chi connectivity index (χ0n) is 11.7. The summed E-state index contributed by atoms with van der Waals surface area (Å²) in [5.41, 5.74) is 2.61. The fourth-order valence-corrected chi connectivity index (χ4v) is 1.50. The van der Waals surface area contributed by atoms with Crippen molar-refractivity contribution < 1.29 is 0 Å². The molecule has 0 aromatic carbocycles. The van der Waals surface area contributed by atoms with Gasteiger partial charge in [0.05, 0.1) is 0 Å². The molecule has 0 aromatic heterocycles. The van der Waals surface area contributed by atoms with Gasteiger partial charge >= 0.3 is 0 Å². The van der Waals surface area contributed by atoms with E-state index in [-0.39, 0.29) is 5.54 Å². The highest BCUT2D eigenvalue weighted by Gasteiger charge is 2.11. The molecular formula is C15H27N. The molecule has 1 N–H and O–H groups in total. The Morgan fingerprint density at radius 3 is 2.25 bits per heavy atom. The van der Waals surface area contributed by atoms with E-state index in [9.17, 15) is 0 Å². The molecule has 0 saturated heterocycles. The first-order valence-corrected chi connectivity index (χ1v) is 6.04. The molecule has 0 bridgehead atoms. The fraction of sp³-hybridized carbons (Fsp3) is 0.600. The summed E-state index contributed by atoms with van der Waals surface area (Å²) in [5, 5.41) is 3.42. The van der Waals surface area contributed by atoms with E-state index in [1.165, 1.54) is 5.57 Å². The lowest BCUT2D eigenvalue weighted by Crippen LogP contribution is -2.34. The average molecular weight is 221 g/mol. The van der Waals surface area contributed by atoms with Gasteiger partial charge in [0.1, 0.15) is 0 Å². The van der Waals surface area contributed by atoms with E-state index in [4.69, 9.17) is 0 Å². The summed E-state index contributed by atoms with van der Waals surface area (Å²) in [4.78, 5) is 0. The highest BCUT2D eigenvalue weighted by atomic mass is 15.0. The first-order valence-electron chi connectivity index (χ1n) is 6.04. The molecule has 0 amide bonds. The fourth-order valence-electron chi connectivity index (χ4n) is 1.50. The number of allylic oxidation sites excluding steroid dienone is 4. The molecule has 92 valence electrons. The van der Waals surface area contributed by atoms with Gasteiger partial charge in [0.15, 0.2) is 0 Å². The third kappa shape index (κ3) is 7.33. The second-order valence-corrected chi connectivity index (χ2v) is 5.58. The molecule has 0 spiro atoms. The summed E-state index contributed by atoms with van der Waals surface area (Å²) in [6, 6.07) is 0. The minimum atomic E-state index is 0.0970. The van der Waals surface area contributed by atoms with Crippen LogP contribution in [0.1, 0.15) is 48.0 Å². The maximum absolute atomic E-state index is 4.09. The Morgan fingerprint density at radius 1 is 1.31 bits per heavy atom. The summed E-state index contributed by atoms with van der Waals surface area (Å²) in [6.07, 6.45) is 7.28. The minimum absolute atomic E-state index is 0.0970. The zero-order chi connectivity index (χ0) is 12.8. The highest BCUT2D eigenvalue weighted by molar-refractivity contribution is 5.19. The second kappa shape index (κ2) is 6.57. The molecule has 0 aliphatic rings. The Labute approximate surface area is 101 Å². The van der Waals surface area contributed by atoms with Crippen LogP contribution in [0.5, 0.6) is 0 Å². The lowest BCUT2D eigenvalue weighted by Gasteiger charge is -2.25. The van der Waals surface area contributed by atoms with Crippen LogP contribution >= 0.6 is 0 Å². The van der Waals surface area contributed by atoms with Gasteiger partial charge in [-0.05, 0) is 33.6 Å². The molecule has 0 saturated carbocycles. The van der Waals surface area contributed by atoms with Crippen molar-refractivity contribution in [1.82, 2.24) is 5.32 Å². The summed E-state index contributed by atoms with van der Waals surface area (Å²) in [6.45, 7) is 17.0. The van der Waals surface area contributed by atoms with E-state index in [2.05, 4.69) is 64.7 Å². The van der Waals surface area contributed by atoms with E-state index in [1.54, 1.807) is 0 Å². The first-order chi connectivity index (χ1) is 7.26. The van der Waals surface area contributed by atoms with Gasteiger partial charge in [-0.25, -0.2) is 0 Å². The Kier molecular flexibility index (Phi) is 6.17. The molecule has 0 radical (unpaired) electrons. The maximum atomic E-state index is 4.09. The van der Waals surface area contributed by atoms with Crippen LogP contribution in [0.15, 0.2) is 36.1 Å². The minimum Gasteiger partial charge on any atom is -0.384 e. The SMILES string of the molecule is C=C(C/C(=C/C=C\C)C(C)C)NC(C)(C)C. The van der Waals surface area contributed by atoms with E-state index in [1.807, 2.05) is 6.92 Å². The number of hydrogen-bond acceptors (Lipinski definition) is 1. The largest absolute Gasteiger partial charge is 0.384 e. The molecule has 0 atom stereocenters. The zero-order valence-corrected chi connectivity index (χ0v) is 11.7. The predicted octanol–water partition coefficient (Wildman–Crippen LogP) is 4.44. The van der Waals surface area contributed by atoms with Crippen LogP contribution < -0.4 is 5.32 Å². The molecule has 0 fully saturated rings. The molecule has 1 heteroatoms. The summed E-state index contributed by atoms with van der Waals surface area (Å²) < 4.78 is 0. The smallest absolute Gasteiger partial charge is 0.0286 e. The van der Waals surface area contributed by atoms with Crippen molar-refractivity contribution in [3.63, 3.8) is 0 Å². The van der Waals surface area contributed by atoms with Gasteiger partial charge in [-0.3, -0.25) is 0 Å². The van der Waals surface area contributed by atoms with Gasteiger partial charge in [0, 0.05) is 17.7 Å². The van der Waals surface area contributed by atoms with Crippen molar-refractivity contribution in [3.05, 3.63) is 36.1 Å². The maximum Gasteiger partial charge on any atom is 0.0286 e. The predicted molar refractivity (Wildman–Crippen MR) is 74.4 cm³/mol. The van der Waals surface area contributed by atoms with Crippen LogP contribution in [0.4, 0.5) is 0 Å². The van der Waals surface area contributed by atoms with Crippen molar-refractivity contribution in [2.24, 2.45) is 5.92 Å². The van der Waals surface area contributed by atoms with Gasteiger partial charge in [0.25, 0.3) is 0 Å². The van der Waals surface area contributed by atoms with Crippen molar-refractivity contribution in [2.75, 3.05) is 0 Å². The standard InChI is InChI=1S/C15H27N/c1-8-9-10-14(12(2)3)11-13(4)16-15(5,6)7/h8-10,12,16H,4,11H2,1-3,5-7H3/b9-8-,14-10-. The topological polar surface area (TPSA) is 12.0 Å². The van der Waals surface area contributed by atoms with Crippen LogP contribution in [0, 0.1) is 5.92 Å². The Hall–Kier alpha value is -0.980. The molecule has 0 aliphatic heterocycles. The third-order valence-electron chi connectivity index (χ3n) is 2.21. The molecule has 0 unspecified atom stereocenters. The van der Waals surface area contributed by atoms with Crippen molar-refractivity contribution in [3.8, 4) is 0 Å². The van der Waals surface area contributed by atoms with Crippen molar-refractivity contribution in [2.45, 2.75) is 53.5 Å². The van der Waals surface area contributed by atoms with Crippen LogP contribution in [-0.2, 0) is 0 Å². The van der Waals surface area contributed by atoms with Crippen LogP contribution in [0.25, 0.3) is 0 Å². The Morgan fingerprint density at radius 2 is 1.88 bits per heavy atom. The molecule has 16 heavy (non-hydrogen) atoms. The van der Waals surface area contributed by atoms with Crippen LogP contribution in [0.3, 0.4) is 0 Å². The normalized spacial score (nSPS) is 13.6. The van der Waals surface area contributed by atoms with Gasteiger partial charge in [0.2, 0.25) is 0 Å². The summed E-state index contributed by atoms with van der Waals surface area (Å²) in [7, 11) is 0. The van der Waals surface area contributed by atoms with E-state index < -0.39 is 0 Å². The molecule has 0 heterocycles. The van der Waals surface area contributed by atoms with Crippen molar-refractivity contribution in [1.29, 1.82) is 0 Å². The highest BCUT2D eigenvalue weighted by Crippen LogP contribution is 2.18. The first kappa shape index (κ1) is 15.0. The second-order valence-electron chi connectivity index (χ2n) is 5.58. The van der Waals surface area contributed by atoms with E-state index in [0.717, 1.165) is 12.1 Å². The van der Waals surface area contributed by atoms with Crippen LogP contribution in [-0.4, -0.2) is 5.54 Å². The summed E-state index contributed by atoms with van der Waals surface area (Å²) in [5.74, 6) is 0.565. The number of hydrogen-bond donors (Lipinski definition) is 1. The van der Waals surface area contributed by atoms with E-state index in [0.29, 0.717) is 5.92 Å².